The lowest BCUT2D eigenvalue weighted by Crippen LogP contribution is -2.40. The van der Waals surface area contributed by atoms with Crippen LogP contribution in [0.5, 0.6) is 0 Å². The van der Waals surface area contributed by atoms with E-state index in [1.165, 1.54) is 12.8 Å². The Bertz CT molecular complexity index is 562. The third-order valence-electron chi connectivity index (χ3n) is 4.25. The van der Waals surface area contributed by atoms with Crippen LogP contribution in [0, 0.1) is 0 Å². The summed E-state index contributed by atoms with van der Waals surface area (Å²) in [6.07, 6.45) is 2.87. The first kappa shape index (κ1) is 16.2. The Balaban J connectivity index is 1.51. The van der Waals surface area contributed by atoms with E-state index in [9.17, 15) is 4.79 Å². The molecular weight excluding hydrogens is 296 g/mol. The molecule has 1 N–H and O–H groups in total. The molecule has 7 heteroatoms. The van der Waals surface area contributed by atoms with Crippen LogP contribution in [0.3, 0.4) is 0 Å². The minimum absolute atomic E-state index is 0.0698. The van der Waals surface area contributed by atoms with Gasteiger partial charge in [0.05, 0.1) is 6.04 Å². The van der Waals surface area contributed by atoms with Crippen molar-refractivity contribution in [1.82, 2.24) is 20.4 Å². The highest BCUT2D eigenvalue weighted by Gasteiger charge is 2.33. The van der Waals surface area contributed by atoms with Crippen molar-refractivity contribution < 1.29 is 14.1 Å². The number of rotatable bonds is 4. The number of ether oxygens (including phenoxy) is 1. The van der Waals surface area contributed by atoms with E-state index >= 15 is 0 Å². The molecule has 1 aromatic heterocycles. The molecule has 0 radical (unpaired) electrons. The molecule has 7 nitrogen and oxygen atoms in total. The topological polar surface area (TPSA) is 80.5 Å². The van der Waals surface area contributed by atoms with E-state index in [0.29, 0.717) is 11.8 Å². The summed E-state index contributed by atoms with van der Waals surface area (Å²) in [6.45, 7) is 9.32. The molecule has 0 spiro atoms. The van der Waals surface area contributed by atoms with Crippen LogP contribution >= 0.6 is 0 Å². The first-order chi connectivity index (χ1) is 10.8. The molecule has 1 aliphatic heterocycles. The molecule has 0 aromatic carbocycles. The van der Waals surface area contributed by atoms with E-state index in [2.05, 4.69) is 27.3 Å². The van der Waals surface area contributed by atoms with Crippen LogP contribution in [-0.4, -0.2) is 45.9 Å². The van der Waals surface area contributed by atoms with Gasteiger partial charge in [-0.15, -0.1) is 0 Å². The second-order valence-corrected chi connectivity index (χ2v) is 7.57. The Morgan fingerprint density at radius 1 is 1.39 bits per heavy atom. The van der Waals surface area contributed by atoms with Gasteiger partial charge in [-0.1, -0.05) is 5.16 Å². The average Bonchev–Trinajstić information content (AvgIpc) is 2.99. The second-order valence-electron chi connectivity index (χ2n) is 7.57. The molecule has 2 heterocycles. The molecule has 2 atom stereocenters. The lowest BCUT2D eigenvalue weighted by Gasteiger charge is -2.23. The predicted molar refractivity (Wildman–Crippen MR) is 84.0 cm³/mol. The smallest absolute Gasteiger partial charge is 0.407 e. The second kappa shape index (κ2) is 6.11. The van der Waals surface area contributed by atoms with E-state index < -0.39 is 5.60 Å². The number of amides is 1. The van der Waals surface area contributed by atoms with Crippen LogP contribution in [0.25, 0.3) is 0 Å². The predicted octanol–water partition coefficient (Wildman–Crippen LogP) is 2.61. The van der Waals surface area contributed by atoms with Crippen molar-refractivity contribution in [3.63, 3.8) is 0 Å². The number of carbonyl (C=O) groups is 1. The summed E-state index contributed by atoms with van der Waals surface area (Å²) in [5.74, 6) is 2.01. The third kappa shape index (κ3) is 4.22. The van der Waals surface area contributed by atoms with Crippen molar-refractivity contribution >= 4 is 6.09 Å². The molecule has 3 rings (SSSR count). The Morgan fingerprint density at radius 3 is 2.78 bits per heavy atom. The number of aromatic nitrogens is 2. The Labute approximate surface area is 136 Å². The van der Waals surface area contributed by atoms with Crippen LogP contribution in [0.15, 0.2) is 4.52 Å². The van der Waals surface area contributed by atoms with Gasteiger partial charge in [-0.05, 0) is 47.0 Å². The van der Waals surface area contributed by atoms with Gasteiger partial charge in [-0.2, -0.15) is 4.98 Å². The molecule has 0 bridgehead atoms. The molecular formula is C16H26N4O3. The maximum atomic E-state index is 11.9. The molecule has 2 aliphatic rings. The van der Waals surface area contributed by atoms with Gasteiger partial charge in [0.2, 0.25) is 5.89 Å². The number of nitrogens with zero attached hydrogens (tertiary/aromatic N) is 3. The molecule has 1 aliphatic carbocycles. The fourth-order valence-corrected chi connectivity index (χ4v) is 2.81. The summed E-state index contributed by atoms with van der Waals surface area (Å²) >= 11 is 0. The van der Waals surface area contributed by atoms with Gasteiger partial charge in [0.15, 0.2) is 5.82 Å². The van der Waals surface area contributed by atoms with Crippen LogP contribution < -0.4 is 5.32 Å². The fraction of sp³-hybridized carbons (Fsp3) is 0.812. The normalized spacial score (nSPS) is 23.7. The molecule has 1 saturated carbocycles. The summed E-state index contributed by atoms with van der Waals surface area (Å²) in [4.78, 5) is 18.6. The van der Waals surface area contributed by atoms with E-state index in [1.807, 2.05) is 20.8 Å². The summed E-state index contributed by atoms with van der Waals surface area (Å²) < 4.78 is 10.7. The maximum Gasteiger partial charge on any atom is 0.407 e. The van der Waals surface area contributed by atoms with Gasteiger partial charge in [-0.25, -0.2) is 4.79 Å². The van der Waals surface area contributed by atoms with E-state index in [4.69, 9.17) is 9.26 Å². The van der Waals surface area contributed by atoms with Crippen LogP contribution in [0.4, 0.5) is 4.79 Å². The number of nitrogens with one attached hydrogen (secondary N) is 1. The summed E-state index contributed by atoms with van der Waals surface area (Å²) in [5.41, 5.74) is -0.474. The number of likely N-dealkylation sites (tertiary alicyclic amines) is 1. The minimum Gasteiger partial charge on any atom is -0.444 e. The standard InChI is InChI=1S/C16H26N4O3/c1-10(14-18-13(19-23-14)11-5-6-11)20-8-7-12(9-20)17-15(21)22-16(2,3)4/h10-12H,5-9H2,1-4H3,(H,17,21)/t10?,12-/m0/s1. The van der Waals surface area contributed by atoms with E-state index in [0.717, 1.165) is 25.3 Å². The van der Waals surface area contributed by atoms with Gasteiger partial charge in [0, 0.05) is 25.0 Å². The van der Waals surface area contributed by atoms with Gasteiger partial charge in [-0.3, -0.25) is 4.90 Å². The van der Waals surface area contributed by atoms with Gasteiger partial charge in [0.25, 0.3) is 0 Å². The number of alkyl carbamates (subject to hydrolysis) is 1. The maximum absolute atomic E-state index is 11.9. The number of hydrogen-bond donors (Lipinski definition) is 1. The summed E-state index contributed by atoms with van der Waals surface area (Å²) in [7, 11) is 0. The summed E-state index contributed by atoms with van der Waals surface area (Å²) in [5, 5.41) is 7.01. The molecule has 2 fully saturated rings. The van der Waals surface area contributed by atoms with Gasteiger partial charge >= 0.3 is 6.09 Å². The van der Waals surface area contributed by atoms with Gasteiger partial charge < -0.3 is 14.6 Å². The van der Waals surface area contributed by atoms with Gasteiger partial charge in [0.1, 0.15) is 5.60 Å². The zero-order valence-electron chi connectivity index (χ0n) is 14.3. The highest BCUT2D eigenvalue weighted by molar-refractivity contribution is 5.68. The average molecular weight is 322 g/mol. The van der Waals surface area contributed by atoms with Crippen LogP contribution in [-0.2, 0) is 4.74 Å². The third-order valence-corrected chi connectivity index (χ3v) is 4.25. The molecule has 1 aromatic rings. The molecule has 23 heavy (non-hydrogen) atoms. The molecule has 1 saturated heterocycles. The number of carbonyl (C=O) groups excluding carboxylic acids is 1. The molecule has 1 amide bonds. The van der Waals surface area contributed by atoms with Crippen molar-refractivity contribution in [1.29, 1.82) is 0 Å². The Kier molecular flexibility index (Phi) is 4.31. The first-order valence-corrected chi connectivity index (χ1v) is 8.39. The fourth-order valence-electron chi connectivity index (χ4n) is 2.81. The summed E-state index contributed by atoms with van der Waals surface area (Å²) in [6, 6.07) is 0.165. The quantitative estimate of drug-likeness (QED) is 0.918. The van der Waals surface area contributed by atoms with Crippen LogP contribution in [0.1, 0.15) is 70.6 Å². The van der Waals surface area contributed by atoms with Crippen molar-refractivity contribution in [3.05, 3.63) is 11.7 Å². The highest BCUT2D eigenvalue weighted by atomic mass is 16.6. The van der Waals surface area contributed by atoms with Crippen molar-refractivity contribution in [2.45, 2.75) is 70.6 Å². The molecule has 128 valence electrons. The number of hydrogen-bond acceptors (Lipinski definition) is 6. The Morgan fingerprint density at radius 2 is 2.13 bits per heavy atom. The first-order valence-electron chi connectivity index (χ1n) is 8.39. The SMILES string of the molecule is CC(c1nc(C2CC2)no1)N1CC[C@H](NC(=O)OC(C)(C)C)C1. The van der Waals surface area contributed by atoms with E-state index in [-0.39, 0.29) is 18.2 Å². The van der Waals surface area contributed by atoms with Crippen molar-refractivity contribution in [2.75, 3.05) is 13.1 Å². The lowest BCUT2D eigenvalue weighted by atomic mass is 10.2. The van der Waals surface area contributed by atoms with Crippen molar-refractivity contribution in [3.8, 4) is 0 Å². The lowest BCUT2D eigenvalue weighted by molar-refractivity contribution is 0.0504. The van der Waals surface area contributed by atoms with Crippen LogP contribution in [0.2, 0.25) is 0 Å². The van der Waals surface area contributed by atoms with E-state index in [1.54, 1.807) is 0 Å². The zero-order chi connectivity index (χ0) is 16.6. The molecule has 1 unspecified atom stereocenters. The monoisotopic (exact) mass is 322 g/mol. The zero-order valence-corrected chi connectivity index (χ0v) is 14.3. The Hall–Kier alpha value is -1.63. The highest BCUT2D eigenvalue weighted by Crippen LogP contribution is 2.38. The van der Waals surface area contributed by atoms with Crippen molar-refractivity contribution in [2.24, 2.45) is 0 Å². The largest absolute Gasteiger partial charge is 0.444 e. The minimum atomic E-state index is -0.474.